The van der Waals surface area contributed by atoms with E-state index in [1.54, 1.807) is 30.3 Å². The smallest absolute Gasteiger partial charge is 0.445 e. The van der Waals surface area contributed by atoms with E-state index in [9.17, 15) is 35.9 Å². The van der Waals surface area contributed by atoms with E-state index in [-0.39, 0.29) is 6.61 Å². The summed E-state index contributed by atoms with van der Waals surface area (Å²) in [7, 11) is 0. The molecular weight excluding hydrogens is 388 g/mol. The summed E-state index contributed by atoms with van der Waals surface area (Å²) in [6.07, 6.45) is -15.8. The van der Waals surface area contributed by atoms with Gasteiger partial charge in [-0.15, -0.1) is 0 Å². The number of alkyl halides is 6. The van der Waals surface area contributed by atoms with Crippen molar-refractivity contribution in [2.75, 3.05) is 6.54 Å². The molecule has 0 spiro atoms. The lowest BCUT2D eigenvalue weighted by molar-refractivity contribution is -0.439. The Morgan fingerprint density at radius 2 is 1.70 bits per heavy atom. The molecule has 0 radical (unpaired) electrons. The molecule has 0 saturated carbocycles. The number of nitrogens with one attached hydrogen (secondary N) is 1. The van der Waals surface area contributed by atoms with Gasteiger partial charge in [0, 0.05) is 13.0 Å². The number of carbonyl (C=O) groups is 2. The van der Waals surface area contributed by atoms with Crippen LogP contribution in [0.4, 0.5) is 31.1 Å². The second-order valence-electron chi connectivity index (χ2n) is 5.42. The van der Waals surface area contributed by atoms with E-state index < -0.39 is 49.3 Å². The van der Waals surface area contributed by atoms with Crippen LogP contribution in [0, 0.1) is 0 Å². The first kappa shape index (κ1) is 20.8. The highest BCUT2D eigenvalue weighted by Gasteiger charge is 2.80. The molecule has 1 aromatic rings. The highest BCUT2D eigenvalue weighted by Crippen LogP contribution is 2.50. The average molecular weight is 401 g/mol. The Kier molecular flexibility index (Phi) is 5.88. The highest BCUT2D eigenvalue weighted by molar-refractivity contribution is 5.77. The molecule has 2 rings (SSSR count). The predicted molar refractivity (Wildman–Crippen MR) is 75.1 cm³/mol. The van der Waals surface area contributed by atoms with Crippen LogP contribution >= 0.6 is 0 Å². The van der Waals surface area contributed by atoms with Crippen LogP contribution in [0.15, 0.2) is 30.3 Å². The van der Waals surface area contributed by atoms with Gasteiger partial charge in [-0.25, -0.2) is 9.59 Å². The zero-order chi connectivity index (χ0) is 20.3. The summed E-state index contributed by atoms with van der Waals surface area (Å²) in [5, 5.41) is 2.09. The van der Waals surface area contributed by atoms with Crippen molar-refractivity contribution in [3.63, 3.8) is 0 Å². The number of cyclic esters (lactones) is 1. The number of hydrogen-bond donors (Lipinski definition) is 1. The highest BCUT2D eigenvalue weighted by atomic mass is 19.4. The molecule has 1 atom stereocenters. The summed E-state index contributed by atoms with van der Waals surface area (Å²) in [6, 6.07) is 8.49. The number of alkyl carbamates (subject to hydrolysis) is 1. The Hall–Kier alpha value is -2.50. The van der Waals surface area contributed by atoms with Crippen LogP contribution in [0.1, 0.15) is 12.0 Å². The minimum atomic E-state index is -6.02. The largest absolute Gasteiger partial charge is 0.465 e. The quantitative estimate of drug-likeness (QED) is 0.607. The molecular formula is C15H13F6NO5. The van der Waals surface area contributed by atoms with Gasteiger partial charge in [0.2, 0.25) is 0 Å². The number of carbonyl (C=O) groups excluding carboxylic acids is 2. The minimum absolute atomic E-state index is 0.0973. The minimum Gasteiger partial charge on any atom is -0.445 e. The summed E-state index contributed by atoms with van der Waals surface area (Å²) in [5.74, 6) is -6.85. The third-order valence-electron chi connectivity index (χ3n) is 3.45. The van der Waals surface area contributed by atoms with Gasteiger partial charge in [0.25, 0.3) is 0 Å². The fraction of sp³-hybridized carbons (Fsp3) is 0.467. The lowest BCUT2D eigenvalue weighted by atomic mass is 10.2. The third kappa shape index (κ3) is 4.62. The van der Waals surface area contributed by atoms with Crippen LogP contribution in [-0.4, -0.2) is 42.9 Å². The standard InChI is InChI=1S/C15H13F6NO5/c16-14(17,18)13(15(19,20)21)26-10(11(23)27-13)6-7-22-12(24)25-8-9-4-2-1-3-5-9/h1-5,10H,6-8H2,(H,22,24)/t10-/m0/s1. The lowest BCUT2D eigenvalue weighted by Gasteiger charge is -2.30. The fourth-order valence-electron chi connectivity index (χ4n) is 2.15. The van der Waals surface area contributed by atoms with Crippen molar-refractivity contribution in [2.24, 2.45) is 0 Å². The summed E-state index contributed by atoms with van der Waals surface area (Å²) in [6.45, 7) is -0.570. The van der Waals surface area contributed by atoms with E-state index in [0.29, 0.717) is 5.56 Å². The van der Waals surface area contributed by atoms with Crippen LogP contribution in [0.5, 0.6) is 0 Å². The number of rotatable bonds is 5. The van der Waals surface area contributed by atoms with E-state index in [4.69, 9.17) is 4.74 Å². The van der Waals surface area contributed by atoms with Gasteiger partial charge in [0.1, 0.15) is 6.61 Å². The Morgan fingerprint density at radius 1 is 1.11 bits per heavy atom. The maximum Gasteiger partial charge on any atom is 0.465 e. The van der Waals surface area contributed by atoms with Gasteiger partial charge < -0.3 is 19.5 Å². The van der Waals surface area contributed by atoms with Crippen LogP contribution in [0.25, 0.3) is 0 Å². The second-order valence-corrected chi connectivity index (χ2v) is 5.42. The van der Waals surface area contributed by atoms with E-state index in [2.05, 4.69) is 14.8 Å². The fourth-order valence-corrected chi connectivity index (χ4v) is 2.15. The summed E-state index contributed by atoms with van der Waals surface area (Å²) < 4.78 is 88.7. The number of benzene rings is 1. The SMILES string of the molecule is O=C(NCC[C@@H]1OC(C(F)(F)F)(C(F)(F)F)OC1=O)OCc1ccccc1. The van der Waals surface area contributed by atoms with E-state index in [1.165, 1.54) is 0 Å². The Morgan fingerprint density at radius 3 is 2.22 bits per heavy atom. The number of ether oxygens (including phenoxy) is 3. The average Bonchev–Trinajstić information content (AvgIpc) is 2.92. The lowest BCUT2D eigenvalue weighted by Crippen LogP contribution is -2.58. The van der Waals surface area contributed by atoms with Gasteiger partial charge in [-0.2, -0.15) is 26.3 Å². The maximum absolute atomic E-state index is 12.8. The molecule has 0 aromatic heterocycles. The molecule has 0 unspecified atom stereocenters. The number of hydrogen-bond acceptors (Lipinski definition) is 5. The first-order valence-corrected chi connectivity index (χ1v) is 7.45. The monoisotopic (exact) mass is 401 g/mol. The molecule has 1 aliphatic rings. The molecule has 12 heteroatoms. The number of amides is 1. The molecule has 6 nitrogen and oxygen atoms in total. The van der Waals surface area contributed by atoms with E-state index >= 15 is 0 Å². The summed E-state index contributed by atoms with van der Waals surface area (Å²) in [5.41, 5.74) is 0.662. The van der Waals surface area contributed by atoms with E-state index in [0.717, 1.165) is 0 Å². The molecule has 0 bridgehead atoms. The number of esters is 1. The number of halogens is 6. The van der Waals surface area contributed by atoms with Crippen molar-refractivity contribution in [2.45, 2.75) is 37.3 Å². The van der Waals surface area contributed by atoms with Crippen molar-refractivity contribution in [3.8, 4) is 0 Å². The van der Waals surface area contributed by atoms with Crippen molar-refractivity contribution >= 4 is 12.1 Å². The van der Waals surface area contributed by atoms with Gasteiger partial charge >= 0.3 is 30.2 Å². The first-order valence-electron chi connectivity index (χ1n) is 7.45. The van der Waals surface area contributed by atoms with Gasteiger partial charge in [-0.05, 0) is 5.56 Å². The Bertz CT molecular complexity index is 662. The van der Waals surface area contributed by atoms with Crippen molar-refractivity contribution in [1.29, 1.82) is 0 Å². The van der Waals surface area contributed by atoms with Crippen LogP contribution in [0.3, 0.4) is 0 Å². The van der Waals surface area contributed by atoms with Crippen molar-refractivity contribution in [3.05, 3.63) is 35.9 Å². The van der Waals surface area contributed by atoms with Crippen molar-refractivity contribution < 1.29 is 50.1 Å². The third-order valence-corrected chi connectivity index (χ3v) is 3.45. The molecule has 27 heavy (non-hydrogen) atoms. The topological polar surface area (TPSA) is 73.9 Å². The molecule has 0 aliphatic carbocycles. The summed E-state index contributed by atoms with van der Waals surface area (Å²) >= 11 is 0. The van der Waals surface area contributed by atoms with Crippen LogP contribution < -0.4 is 5.32 Å². The molecule has 1 fully saturated rings. The molecule has 1 aromatic carbocycles. The Labute approximate surface area is 148 Å². The predicted octanol–water partition coefficient (Wildman–Crippen LogP) is 3.07. The van der Waals surface area contributed by atoms with E-state index in [1.807, 2.05) is 0 Å². The molecule has 1 heterocycles. The van der Waals surface area contributed by atoms with Gasteiger partial charge in [-0.1, -0.05) is 30.3 Å². The molecule has 1 saturated heterocycles. The van der Waals surface area contributed by atoms with Crippen LogP contribution in [0.2, 0.25) is 0 Å². The van der Waals surface area contributed by atoms with Crippen LogP contribution in [-0.2, 0) is 25.6 Å². The Balaban J connectivity index is 1.86. The first-order chi connectivity index (χ1) is 12.5. The van der Waals surface area contributed by atoms with Gasteiger partial charge in [-0.3, -0.25) is 0 Å². The maximum atomic E-state index is 12.8. The van der Waals surface area contributed by atoms with Crippen molar-refractivity contribution in [1.82, 2.24) is 5.32 Å². The molecule has 1 aliphatic heterocycles. The summed E-state index contributed by atoms with van der Waals surface area (Å²) in [4.78, 5) is 22.8. The molecule has 1 amide bonds. The zero-order valence-electron chi connectivity index (χ0n) is 13.4. The normalized spacial score (nSPS) is 19.5. The zero-order valence-corrected chi connectivity index (χ0v) is 13.4. The van der Waals surface area contributed by atoms with Gasteiger partial charge in [0.15, 0.2) is 6.10 Å². The molecule has 150 valence electrons. The second kappa shape index (κ2) is 7.62. The van der Waals surface area contributed by atoms with Gasteiger partial charge in [0.05, 0.1) is 0 Å². The molecule has 1 N–H and O–H groups in total.